The van der Waals surface area contributed by atoms with Crippen molar-refractivity contribution in [3.63, 3.8) is 0 Å². The van der Waals surface area contributed by atoms with Gasteiger partial charge in [-0.05, 0) is 38.3 Å². The topological polar surface area (TPSA) is 17.8 Å². The lowest BCUT2D eigenvalue weighted by atomic mass is 10.2. The summed E-state index contributed by atoms with van der Waals surface area (Å²) in [6, 6.07) is 8.48. The zero-order valence-electron chi connectivity index (χ0n) is 8.43. The van der Waals surface area contributed by atoms with Gasteiger partial charge in [0.15, 0.2) is 0 Å². The van der Waals surface area contributed by atoms with Crippen LogP contribution in [0.25, 0.3) is 10.1 Å². The highest BCUT2D eigenvalue weighted by Crippen LogP contribution is 2.26. The molecule has 0 unspecified atom stereocenters. The van der Waals surface area contributed by atoms with Crippen molar-refractivity contribution in [1.82, 2.24) is 9.78 Å². The van der Waals surface area contributed by atoms with Crippen molar-refractivity contribution in [3.8, 4) is 0 Å². The van der Waals surface area contributed by atoms with Crippen LogP contribution in [0.4, 0.5) is 0 Å². The van der Waals surface area contributed by atoms with Crippen LogP contribution < -0.4 is 0 Å². The molecule has 1 aromatic carbocycles. The number of fused-ring (bicyclic) bond motifs is 1. The SMILES string of the molecule is Brc1cnn(Cc2csc3ccccc23)c1. The van der Waals surface area contributed by atoms with Crippen LogP contribution in [0, 0.1) is 0 Å². The Balaban J connectivity index is 2.00. The maximum Gasteiger partial charge on any atom is 0.0674 e. The predicted octanol–water partition coefficient (Wildman–Crippen LogP) is 3.91. The van der Waals surface area contributed by atoms with Crippen LogP contribution in [-0.2, 0) is 6.54 Å². The molecular formula is C12H9BrN2S. The van der Waals surface area contributed by atoms with Gasteiger partial charge in [-0.2, -0.15) is 5.10 Å². The second-order valence-corrected chi connectivity index (χ2v) is 5.44. The first-order valence-electron chi connectivity index (χ1n) is 4.96. The molecule has 16 heavy (non-hydrogen) atoms. The second kappa shape index (κ2) is 4.03. The molecule has 0 fully saturated rings. The van der Waals surface area contributed by atoms with E-state index in [-0.39, 0.29) is 0 Å². The van der Waals surface area contributed by atoms with Gasteiger partial charge in [0.05, 0.1) is 17.2 Å². The molecule has 80 valence electrons. The summed E-state index contributed by atoms with van der Waals surface area (Å²) in [5, 5.41) is 7.81. The molecule has 0 bridgehead atoms. The van der Waals surface area contributed by atoms with Crippen molar-refractivity contribution >= 4 is 37.4 Å². The molecule has 0 aliphatic heterocycles. The summed E-state index contributed by atoms with van der Waals surface area (Å²) in [5.74, 6) is 0. The lowest BCUT2D eigenvalue weighted by Gasteiger charge is -1.99. The lowest BCUT2D eigenvalue weighted by molar-refractivity contribution is 0.691. The van der Waals surface area contributed by atoms with E-state index in [1.165, 1.54) is 15.6 Å². The Labute approximate surface area is 106 Å². The molecule has 0 saturated heterocycles. The third kappa shape index (κ3) is 1.79. The minimum atomic E-state index is 0.829. The van der Waals surface area contributed by atoms with Gasteiger partial charge in [0, 0.05) is 10.9 Å². The molecule has 0 saturated carbocycles. The van der Waals surface area contributed by atoms with Crippen LogP contribution in [0.2, 0.25) is 0 Å². The highest BCUT2D eigenvalue weighted by Gasteiger charge is 2.04. The molecule has 4 heteroatoms. The number of nitrogens with zero attached hydrogens (tertiary/aromatic N) is 2. The Kier molecular flexibility index (Phi) is 2.53. The first-order chi connectivity index (χ1) is 7.83. The first-order valence-corrected chi connectivity index (χ1v) is 6.63. The van der Waals surface area contributed by atoms with E-state index in [4.69, 9.17) is 0 Å². The highest BCUT2D eigenvalue weighted by atomic mass is 79.9. The van der Waals surface area contributed by atoms with Gasteiger partial charge < -0.3 is 0 Å². The molecule has 3 rings (SSSR count). The first kappa shape index (κ1) is 10.1. The maximum absolute atomic E-state index is 4.27. The minimum Gasteiger partial charge on any atom is -0.267 e. The Morgan fingerprint density at radius 3 is 3.00 bits per heavy atom. The monoisotopic (exact) mass is 292 g/mol. The van der Waals surface area contributed by atoms with Gasteiger partial charge in [-0.15, -0.1) is 11.3 Å². The average molecular weight is 293 g/mol. The van der Waals surface area contributed by atoms with Crippen LogP contribution >= 0.6 is 27.3 Å². The number of aromatic nitrogens is 2. The van der Waals surface area contributed by atoms with Crippen LogP contribution in [-0.4, -0.2) is 9.78 Å². The largest absolute Gasteiger partial charge is 0.267 e. The number of benzene rings is 1. The molecular weight excluding hydrogens is 284 g/mol. The molecule has 3 aromatic rings. The average Bonchev–Trinajstić information content (AvgIpc) is 2.87. The van der Waals surface area contributed by atoms with Crippen LogP contribution in [0.3, 0.4) is 0 Å². The van der Waals surface area contributed by atoms with Crippen molar-refractivity contribution in [3.05, 3.63) is 52.1 Å². The smallest absolute Gasteiger partial charge is 0.0674 e. The number of halogens is 1. The van der Waals surface area contributed by atoms with Gasteiger partial charge in [-0.1, -0.05) is 18.2 Å². The number of hydrogen-bond donors (Lipinski definition) is 0. The maximum atomic E-state index is 4.27. The van der Waals surface area contributed by atoms with Gasteiger partial charge in [0.1, 0.15) is 0 Å². The van der Waals surface area contributed by atoms with Crippen molar-refractivity contribution in [2.45, 2.75) is 6.54 Å². The highest BCUT2D eigenvalue weighted by molar-refractivity contribution is 9.10. The third-order valence-corrected chi connectivity index (χ3v) is 3.92. The Morgan fingerprint density at radius 1 is 1.31 bits per heavy atom. The summed E-state index contributed by atoms with van der Waals surface area (Å²) in [6.07, 6.45) is 3.81. The van der Waals surface area contributed by atoms with Gasteiger partial charge in [-0.25, -0.2) is 0 Å². The van der Waals surface area contributed by atoms with Gasteiger partial charge >= 0.3 is 0 Å². The van der Waals surface area contributed by atoms with Crippen LogP contribution in [0.15, 0.2) is 46.5 Å². The summed E-state index contributed by atoms with van der Waals surface area (Å²) in [7, 11) is 0. The van der Waals surface area contributed by atoms with Crippen molar-refractivity contribution in [1.29, 1.82) is 0 Å². The number of thiophene rings is 1. The van der Waals surface area contributed by atoms with E-state index in [2.05, 4.69) is 50.7 Å². The van der Waals surface area contributed by atoms with E-state index in [0.29, 0.717) is 0 Å². The molecule has 0 radical (unpaired) electrons. The zero-order valence-corrected chi connectivity index (χ0v) is 10.8. The van der Waals surface area contributed by atoms with E-state index in [0.717, 1.165) is 11.0 Å². The quantitative estimate of drug-likeness (QED) is 0.700. The molecule has 2 heterocycles. The number of hydrogen-bond acceptors (Lipinski definition) is 2. The van der Waals surface area contributed by atoms with Gasteiger partial charge in [-0.3, -0.25) is 4.68 Å². The van der Waals surface area contributed by atoms with Crippen LogP contribution in [0.1, 0.15) is 5.56 Å². The second-order valence-electron chi connectivity index (χ2n) is 3.61. The normalized spacial score (nSPS) is 11.1. The van der Waals surface area contributed by atoms with E-state index in [1.807, 2.05) is 17.1 Å². The number of rotatable bonds is 2. The van der Waals surface area contributed by atoms with Crippen molar-refractivity contribution in [2.24, 2.45) is 0 Å². The van der Waals surface area contributed by atoms with Crippen molar-refractivity contribution in [2.75, 3.05) is 0 Å². The zero-order chi connectivity index (χ0) is 11.0. The fraction of sp³-hybridized carbons (Fsp3) is 0.0833. The van der Waals surface area contributed by atoms with E-state index < -0.39 is 0 Å². The molecule has 2 nitrogen and oxygen atoms in total. The Hall–Kier alpha value is -1.13. The molecule has 0 aliphatic rings. The van der Waals surface area contributed by atoms with Crippen molar-refractivity contribution < 1.29 is 0 Å². The third-order valence-electron chi connectivity index (χ3n) is 2.50. The van der Waals surface area contributed by atoms with Crippen LogP contribution in [0.5, 0.6) is 0 Å². The standard InChI is InChI=1S/C12H9BrN2S/c13-10-5-14-15(7-10)6-9-8-16-12-4-2-1-3-11(9)12/h1-5,7-8H,6H2. The van der Waals surface area contributed by atoms with Gasteiger partial charge in [0.25, 0.3) is 0 Å². The van der Waals surface area contributed by atoms with E-state index in [1.54, 1.807) is 11.3 Å². The summed E-state index contributed by atoms with van der Waals surface area (Å²) in [4.78, 5) is 0. The minimum absolute atomic E-state index is 0.829. The van der Waals surface area contributed by atoms with Gasteiger partial charge in [0.2, 0.25) is 0 Å². The molecule has 2 aromatic heterocycles. The fourth-order valence-electron chi connectivity index (χ4n) is 1.75. The Morgan fingerprint density at radius 2 is 2.19 bits per heavy atom. The summed E-state index contributed by atoms with van der Waals surface area (Å²) >= 11 is 5.19. The summed E-state index contributed by atoms with van der Waals surface area (Å²) < 4.78 is 4.30. The fourth-order valence-corrected chi connectivity index (χ4v) is 3.04. The summed E-state index contributed by atoms with van der Waals surface area (Å²) in [6.45, 7) is 0.829. The Bertz CT molecular complexity index is 627. The molecule has 0 N–H and O–H groups in total. The van der Waals surface area contributed by atoms with E-state index in [9.17, 15) is 0 Å². The summed E-state index contributed by atoms with van der Waals surface area (Å²) in [5.41, 5.74) is 1.33. The molecule has 0 atom stereocenters. The lowest BCUT2D eigenvalue weighted by Crippen LogP contribution is -1.98. The molecule has 0 aliphatic carbocycles. The molecule has 0 spiro atoms. The van der Waals surface area contributed by atoms with E-state index >= 15 is 0 Å². The predicted molar refractivity (Wildman–Crippen MR) is 70.9 cm³/mol. The molecule has 0 amide bonds.